The van der Waals surface area contributed by atoms with Crippen molar-refractivity contribution >= 4 is 45.6 Å². The highest BCUT2D eigenvalue weighted by Gasteiger charge is 2.57. The van der Waals surface area contributed by atoms with Gasteiger partial charge in [-0.25, -0.2) is 8.42 Å². The third-order valence-electron chi connectivity index (χ3n) is 10.3. The van der Waals surface area contributed by atoms with Gasteiger partial charge in [0.1, 0.15) is 11.7 Å². The highest BCUT2D eigenvalue weighted by atomic mass is 32.2. The van der Waals surface area contributed by atoms with Gasteiger partial charge in [0.05, 0.1) is 11.5 Å². The second-order valence-electron chi connectivity index (χ2n) is 15.3. The van der Waals surface area contributed by atoms with E-state index in [2.05, 4.69) is 45.0 Å². The summed E-state index contributed by atoms with van der Waals surface area (Å²) in [5.74, 6) is -0.453. The fraction of sp³-hybridized carbons (Fsp3) is 0.311. The van der Waals surface area contributed by atoms with Crippen molar-refractivity contribution in [1.29, 1.82) is 0 Å². The number of aliphatic hydroxyl groups is 1. The van der Waals surface area contributed by atoms with Crippen LogP contribution in [0.2, 0.25) is 5.04 Å². The van der Waals surface area contributed by atoms with Crippen molar-refractivity contribution < 1.29 is 22.7 Å². The van der Waals surface area contributed by atoms with Crippen LogP contribution in [0, 0.1) is 5.92 Å². The van der Waals surface area contributed by atoms with Crippen molar-refractivity contribution in [2.24, 2.45) is 5.92 Å². The molecule has 6 nitrogen and oxygen atoms in total. The summed E-state index contributed by atoms with van der Waals surface area (Å²) in [6.07, 6.45) is -0.140. The van der Waals surface area contributed by atoms with Crippen LogP contribution in [0.15, 0.2) is 152 Å². The van der Waals surface area contributed by atoms with E-state index in [-0.39, 0.29) is 11.7 Å². The van der Waals surface area contributed by atoms with Crippen LogP contribution in [0.25, 0.3) is 0 Å². The fourth-order valence-corrected chi connectivity index (χ4v) is 14.6. The SMILES string of the molecule is CC(C)[C@@](O)(c1ccccc1)[C@@H](O[Si](c1ccccc1)(c1ccccc1)C(C)(C)C)C(=O)S[C@@H](c1ccccc1)[C@@H](C)N(Cc1ccccc1)S(C)(=O)=O. The topological polar surface area (TPSA) is 83.9 Å². The molecule has 0 amide bonds. The predicted molar refractivity (Wildman–Crippen MR) is 226 cm³/mol. The summed E-state index contributed by atoms with van der Waals surface area (Å²) < 4.78 is 36.2. The van der Waals surface area contributed by atoms with Crippen LogP contribution < -0.4 is 10.4 Å². The van der Waals surface area contributed by atoms with Crippen molar-refractivity contribution in [3.8, 4) is 0 Å². The average Bonchev–Trinajstić information content (AvgIpc) is 3.16. The molecular weight excluding hydrogens is 727 g/mol. The summed E-state index contributed by atoms with van der Waals surface area (Å²) in [5.41, 5.74) is 0.442. The lowest BCUT2D eigenvalue weighted by Crippen LogP contribution is -2.70. The highest BCUT2D eigenvalue weighted by Crippen LogP contribution is 2.46. The molecule has 0 radical (unpaired) electrons. The normalized spacial score (nSPS) is 15.4. The summed E-state index contributed by atoms with van der Waals surface area (Å²) in [6, 6.07) is 47.8. The minimum atomic E-state index is -3.74. The van der Waals surface area contributed by atoms with Crippen molar-refractivity contribution in [1.82, 2.24) is 4.31 Å². The standard InChI is InChI=1S/C45H53NO5S2Si/c1-34(2)45(48,38-27-17-10-18-28-38)42(51-54(44(4,5)6,39-29-19-11-20-30-39)40-31-21-12-22-32-40)43(47)52-41(37-25-15-9-16-26-37)35(3)46(53(7,49)50)33-36-23-13-8-14-24-36/h8-32,34-35,41-42,48H,33H2,1-7H3/t35-,41-,42+,45-/m1/s1. The first-order chi connectivity index (χ1) is 25.6. The Bertz CT molecular complexity index is 2010. The minimum Gasteiger partial charge on any atom is -0.393 e. The zero-order chi connectivity index (χ0) is 39.1. The number of benzene rings is 5. The van der Waals surface area contributed by atoms with Crippen LogP contribution in [0.5, 0.6) is 0 Å². The Morgan fingerprint density at radius 3 is 1.57 bits per heavy atom. The first kappa shape index (κ1) is 41.3. The van der Waals surface area contributed by atoms with Crippen LogP contribution in [0.4, 0.5) is 0 Å². The zero-order valence-electron chi connectivity index (χ0n) is 32.3. The van der Waals surface area contributed by atoms with E-state index in [4.69, 9.17) is 4.43 Å². The summed E-state index contributed by atoms with van der Waals surface area (Å²) in [5, 5.41) is 13.7. The summed E-state index contributed by atoms with van der Waals surface area (Å²) >= 11 is 1.04. The third kappa shape index (κ3) is 8.83. The van der Waals surface area contributed by atoms with E-state index in [1.807, 2.05) is 148 Å². The molecule has 5 aromatic rings. The molecular formula is C45H53NO5S2Si. The number of carbonyl (C=O) groups excluding carboxylic acids is 1. The number of sulfonamides is 1. The van der Waals surface area contributed by atoms with E-state index in [0.29, 0.717) is 5.56 Å². The molecule has 5 rings (SSSR count). The second kappa shape index (κ2) is 17.3. The maximum Gasteiger partial charge on any atom is 0.262 e. The number of hydrogen-bond donors (Lipinski definition) is 1. The Balaban J connectivity index is 1.73. The predicted octanol–water partition coefficient (Wildman–Crippen LogP) is 8.33. The number of nitrogens with zero attached hydrogens (tertiary/aromatic N) is 1. The van der Waals surface area contributed by atoms with Gasteiger partial charge in [0.2, 0.25) is 15.1 Å². The molecule has 0 saturated carbocycles. The minimum absolute atomic E-state index is 0.140. The van der Waals surface area contributed by atoms with Gasteiger partial charge in [0.25, 0.3) is 8.32 Å². The van der Waals surface area contributed by atoms with Crippen LogP contribution in [-0.2, 0) is 31.4 Å². The van der Waals surface area contributed by atoms with Crippen LogP contribution in [-0.4, -0.2) is 49.7 Å². The largest absolute Gasteiger partial charge is 0.393 e. The van der Waals surface area contributed by atoms with E-state index >= 15 is 4.79 Å². The molecule has 0 aliphatic rings. The number of hydrogen-bond acceptors (Lipinski definition) is 6. The quantitative estimate of drug-likeness (QED) is 0.108. The fourth-order valence-electron chi connectivity index (χ4n) is 7.43. The summed E-state index contributed by atoms with van der Waals surface area (Å²) in [4.78, 5) is 15.6. The molecule has 0 unspecified atom stereocenters. The maximum absolute atomic E-state index is 15.6. The van der Waals surface area contributed by atoms with E-state index in [9.17, 15) is 13.5 Å². The van der Waals surface area contributed by atoms with Gasteiger partial charge in [0.15, 0.2) is 0 Å². The Labute approximate surface area is 327 Å². The molecule has 0 aliphatic carbocycles. The molecule has 0 fully saturated rings. The summed E-state index contributed by atoms with van der Waals surface area (Å²) in [7, 11) is -7.17. The van der Waals surface area contributed by atoms with Gasteiger partial charge >= 0.3 is 0 Å². The molecule has 0 spiro atoms. The molecule has 0 aromatic heterocycles. The Morgan fingerprint density at radius 2 is 1.15 bits per heavy atom. The van der Waals surface area contributed by atoms with Crippen LogP contribution >= 0.6 is 11.8 Å². The number of carbonyl (C=O) groups is 1. The van der Waals surface area contributed by atoms with E-state index in [1.165, 1.54) is 10.6 Å². The van der Waals surface area contributed by atoms with E-state index < -0.39 is 52.3 Å². The molecule has 5 aromatic carbocycles. The average molecular weight is 780 g/mol. The monoisotopic (exact) mass is 779 g/mol. The molecule has 0 saturated heterocycles. The van der Waals surface area contributed by atoms with Gasteiger partial charge in [-0.2, -0.15) is 4.31 Å². The van der Waals surface area contributed by atoms with Crippen molar-refractivity contribution in [3.05, 3.63) is 168 Å². The highest BCUT2D eigenvalue weighted by molar-refractivity contribution is 8.14. The van der Waals surface area contributed by atoms with Crippen molar-refractivity contribution in [2.75, 3.05) is 6.26 Å². The number of rotatable bonds is 15. The Hall–Kier alpha value is -3.83. The van der Waals surface area contributed by atoms with Gasteiger partial charge < -0.3 is 9.53 Å². The summed E-state index contributed by atoms with van der Waals surface area (Å²) in [6.45, 7) is 12.3. The van der Waals surface area contributed by atoms with Gasteiger partial charge in [-0.1, -0.05) is 198 Å². The smallest absolute Gasteiger partial charge is 0.262 e. The van der Waals surface area contributed by atoms with Crippen molar-refractivity contribution in [3.63, 3.8) is 0 Å². The lowest BCUT2D eigenvalue weighted by atomic mass is 9.79. The molecule has 0 bridgehead atoms. The van der Waals surface area contributed by atoms with E-state index in [1.54, 1.807) is 0 Å². The molecule has 1 N–H and O–H groups in total. The molecule has 0 heterocycles. The lowest BCUT2D eigenvalue weighted by molar-refractivity contribution is -0.141. The van der Waals surface area contributed by atoms with Gasteiger partial charge in [-0.05, 0) is 44.9 Å². The first-order valence-corrected chi connectivity index (χ1v) is 23.1. The Kier molecular flexibility index (Phi) is 13.3. The van der Waals surface area contributed by atoms with Crippen molar-refractivity contribution in [2.45, 2.75) is 76.1 Å². The number of thioether (sulfide) groups is 1. The van der Waals surface area contributed by atoms with E-state index in [0.717, 1.165) is 33.3 Å². The van der Waals surface area contributed by atoms with Crippen LogP contribution in [0.1, 0.15) is 63.5 Å². The third-order valence-corrected chi connectivity index (χ3v) is 18.0. The molecule has 0 aliphatic heterocycles. The zero-order valence-corrected chi connectivity index (χ0v) is 34.9. The molecule has 4 atom stereocenters. The first-order valence-electron chi connectivity index (χ1n) is 18.4. The molecule has 9 heteroatoms. The molecule has 54 heavy (non-hydrogen) atoms. The second-order valence-corrected chi connectivity index (χ2v) is 22.6. The maximum atomic E-state index is 15.6. The van der Waals surface area contributed by atoms with Gasteiger partial charge in [0, 0.05) is 12.6 Å². The Morgan fingerprint density at radius 1 is 0.722 bits per heavy atom. The molecule has 284 valence electrons. The van der Waals surface area contributed by atoms with Gasteiger partial charge in [-0.15, -0.1) is 0 Å². The van der Waals surface area contributed by atoms with Gasteiger partial charge in [-0.3, -0.25) is 4.79 Å². The van der Waals surface area contributed by atoms with Crippen LogP contribution in [0.3, 0.4) is 0 Å². The lowest BCUT2D eigenvalue weighted by Gasteiger charge is -2.49.